The molecular weight excluding hydrogens is 645 g/mol. The molecule has 0 saturated carbocycles. The zero-order valence-electron chi connectivity index (χ0n) is 30.8. The molecule has 4 heterocycles. The summed E-state index contributed by atoms with van der Waals surface area (Å²) < 4.78 is 8.95. The van der Waals surface area contributed by atoms with Gasteiger partial charge in [-0.05, 0) is 74.5 Å². The molecule has 0 aliphatic carbocycles. The summed E-state index contributed by atoms with van der Waals surface area (Å²) in [4.78, 5) is 25.1. The monoisotopic (exact) mass is 692 g/mol. The Bertz CT molecular complexity index is 2130. The summed E-state index contributed by atoms with van der Waals surface area (Å²) in [5.74, 6) is 4.33. The molecule has 0 radical (unpaired) electrons. The standard InChI is InChI=1S/C42H48N10/c1-47-35-21-11-7-17-31(35)43-39(47)27-51(28-40-44-32-18-8-12-22-36(32)48(40)2)25-15-5-6-16-26-52(29-41-45-33-19-9-13-23-37(33)49(41)3)30-42-46-34-20-10-14-24-38(34)50(42)4/h7-14,17-24H,5-6,15-16,25-30H2,1-4H3. The minimum Gasteiger partial charge on any atom is -0.330 e. The van der Waals surface area contributed by atoms with Gasteiger partial charge in [0, 0.05) is 28.2 Å². The Balaban J connectivity index is 0.940. The SMILES string of the molecule is Cn1c(CN(CCCCCCN(Cc2nc3ccccc3n2C)Cc2nc3ccccc3n2C)Cc2nc3ccccc3n2C)nc2ccccc21. The first kappa shape index (κ1) is 33.8. The lowest BCUT2D eigenvalue weighted by Crippen LogP contribution is -2.27. The molecule has 10 nitrogen and oxygen atoms in total. The molecule has 8 rings (SSSR count). The third-order valence-electron chi connectivity index (χ3n) is 10.7. The maximum Gasteiger partial charge on any atom is 0.123 e. The molecule has 4 aromatic carbocycles. The highest BCUT2D eigenvalue weighted by Gasteiger charge is 2.18. The highest BCUT2D eigenvalue weighted by molar-refractivity contribution is 5.77. The summed E-state index contributed by atoms with van der Waals surface area (Å²) >= 11 is 0. The Labute approximate surface area is 305 Å². The van der Waals surface area contributed by atoms with Crippen LogP contribution in [0.3, 0.4) is 0 Å². The van der Waals surface area contributed by atoms with Crippen molar-refractivity contribution in [3.8, 4) is 0 Å². The maximum absolute atomic E-state index is 5.02. The summed E-state index contributed by atoms with van der Waals surface area (Å²) in [6.07, 6.45) is 4.55. The quantitative estimate of drug-likeness (QED) is 0.104. The van der Waals surface area contributed by atoms with Gasteiger partial charge in [0.05, 0.1) is 70.3 Å². The van der Waals surface area contributed by atoms with Gasteiger partial charge in [-0.15, -0.1) is 0 Å². The number of aromatic nitrogens is 8. The molecule has 0 fully saturated rings. The Hall–Kier alpha value is -5.32. The fourth-order valence-corrected chi connectivity index (χ4v) is 7.60. The largest absolute Gasteiger partial charge is 0.330 e. The van der Waals surface area contributed by atoms with Crippen LogP contribution in [0.4, 0.5) is 0 Å². The number of fused-ring (bicyclic) bond motifs is 4. The van der Waals surface area contributed by atoms with Gasteiger partial charge >= 0.3 is 0 Å². The zero-order valence-corrected chi connectivity index (χ0v) is 30.8. The zero-order chi connectivity index (χ0) is 35.6. The summed E-state index contributed by atoms with van der Waals surface area (Å²) in [5, 5.41) is 0. The molecule has 8 aromatic rings. The third-order valence-corrected chi connectivity index (χ3v) is 10.7. The van der Waals surface area contributed by atoms with Crippen LogP contribution in [0.1, 0.15) is 49.0 Å². The number of nitrogens with zero attached hydrogens (tertiary/aromatic N) is 10. The van der Waals surface area contributed by atoms with Crippen LogP contribution in [-0.4, -0.2) is 61.1 Å². The van der Waals surface area contributed by atoms with Gasteiger partial charge in [-0.3, -0.25) is 9.80 Å². The van der Waals surface area contributed by atoms with Gasteiger partial charge in [0.15, 0.2) is 0 Å². The van der Waals surface area contributed by atoms with E-state index in [2.05, 4.69) is 153 Å². The van der Waals surface area contributed by atoms with Crippen LogP contribution < -0.4 is 0 Å². The van der Waals surface area contributed by atoms with Crippen molar-refractivity contribution in [3.63, 3.8) is 0 Å². The molecule has 0 N–H and O–H groups in total. The number of rotatable bonds is 15. The number of para-hydroxylation sites is 8. The number of hydrogen-bond acceptors (Lipinski definition) is 6. The molecule has 10 heteroatoms. The fourth-order valence-electron chi connectivity index (χ4n) is 7.60. The van der Waals surface area contributed by atoms with Crippen LogP contribution in [-0.2, 0) is 54.4 Å². The molecule has 0 atom stereocenters. The molecule has 0 spiro atoms. The van der Waals surface area contributed by atoms with Crippen LogP contribution in [0.2, 0.25) is 0 Å². The molecule has 0 saturated heterocycles. The summed E-state index contributed by atoms with van der Waals surface area (Å²) in [6.45, 7) is 5.07. The minimum atomic E-state index is 0.776. The van der Waals surface area contributed by atoms with E-state index in [1.165, 1.54) is 22.1 Å². The lowest BCUT2D eigenvalue weighted by Gasteiger charge is -2.23. The van der Waals surface area contributed by atoms with Gasteiger partial charge in [0.1, 0.15) is 23.3 Å². The summed E-state index contributed by atoms with van der Waals surface area (Å²) in [6, 6.07) is 33.6. The van der Waals surface area contributed by atoms with Gasteiger partial charge in [-0.25, -0.2) is 19.9 Å². The molecule has 52 heavy (non-hydrogen) atoms. The van der Waals surface area contributed by atoms with Gasteiger partial charge < -0.3 is 18.3 Å². The van der Waals surface area contributed by atoms with Crippen molar-refractivity contribution in [1.82, 2.24) is 48.0 Å². The van der Waals surface area contributed by atoms with Crippen molar-refractivity contribution >= 4 is 44.1 Å². The van der Waals surface area contributed by atoms with Crippen LogP contribution in [0.15, 0.2) is 97.1 Å². The van der Waals surface area contributed by atoms with Crippen LogP contribution >= 0.6 is 0 Å². The molecule has 0 unspecified atom stereocenters. The molecule has 4 aromatic heterocycles. The smallest absolute Gasteiger partial charge is 0.123 e. The highest BCUT2D eigenvalue weighted by atomic mass is 15.2. The van der Waals surface area contributed by atoms with E-state index in [1.807, 2.05) is 0 Å². The normalized spacial score (nSPS) is 12.2. The third kappa shape index (κ3) is 6.83. The van der Waals surface area contributed by atoms with E-state index in [0.29, 0.717) is 0 Å². The second-order valence-electron chi connectivity index (χ2n) is 14.1. The van der Waals surface area contributed by atoms with E-state index < -0.39 is 0 Å². The molecular formula is C42H48N10. The van der Waals surface area contributed by atoms with Gasteiger partial charge in [-0.1, -0.05) is 61.4 Å². The van der Waals surface area contributed by atoms with Crippen LogP contribution in [0.5, 0.6) is 0 Å². The number of unbranched alkanes of at least 4 members (excludes halogenated alkanes) is 3. The lowest BCUT2D eigenvalue weighted by molar-refractivity contribution is 0.225. The van der Waals surface area contributed by atoms with Gasteiger partial charge in [0.25, 0.3) is 0 Å². The van der Waals surface area contributed by atoms with E-state index in [1.54, 1.807) is 0 Å². The minimum absolute atomic E-state index is 0.776. The second kappa shape index (κ2) is 14.7. The maximum atomic E-state index is 5.02. The molecule has 0 amide bonds. The average Bonchev–Trinajstić information content (AvgIpc) is 3.87. The fraction of sp³-hybridized carbons (Fsp3) is 0.333. The molecule has 0 aliphatic rings. The first-order chi connectivity index (χ1) is 25.4. The van der Waals surface area contributed by atoms with Crippen molar-refractivity contribution in [3.05, 3.63) is 120 Å². The predicted octanol–water partition coefficient (Wildman–Crippen LogP) is 7.50. The first-order valence-electron chi connectivity index (χ1n) is 18.5. The summed E-state index contributed by atoms with van der Waals surface area (Å²) in [5.41, 5.74) is 8.86. The summed E-state index contributed by atoms with van der Waals surface area (Å²) in [7, 11) is 8.52. The van der Waals surface area contributed by atoms with Crippen molar-refractivity contribution in [2.24, 2.45) is 28.2 Å². The van der Waals surface area contributed by atoms with E-state index in [0.717, 1.165) is 110 Å². The van der Waals surface area contributed by atoms with E-state index in [9.17, 15) is 0 Å². The van der Waals surface area contributed by atoms with E-state index in [-0.39, 0.29) is 0 Å². The number of hydrogen-bond donors (Lipinski definition) is 0. The van der Waals surface area contributed by atoms with Crippen molar-refractivity contribution in [2.75, 3.05) is 13.1 Å². The van der Waals surface area contributed by atoms with Gasteiger partial charge in [-0.2, -0.15) is 0 Å². The number of imidazole rings is 4. The number of benzene rings is 4. The number of aryl methyl sites for hydroxylation is 4. The topological polar surface area (TPSA) is 77.8 Å². The van der Waals surface area contributed by atoms with Crippen molar-refractivity contribution in [2.45, 2.75) is 51.9 Å². The predicted molar refractivity (Wildman–Crippen MR) is 210 cm³/mol. The van der Waals surface area contributed by atoms with Crippen LogP contribution in [0.25, 0.3) is 44.1 Å². The Kier molecular flexibility index (Phi) is 9.58. The van der Waals surface area contributed by atoms with Crippen molar-refractivity contribution < 1.29 is 0 Å². The highest BCUT2D eigenvalue weighted by Crippen LogP contribution is 2.22. The molecule has 266 valence electrons. The van der Waals surface area contributed by atoms with Gasteiger partial charge in [0.2, 0.25) is 0 Å². The van der Waals surface area contributed by atoms with E-state index >= 15 is 0 Å². The van der Waals surface area contributed by atoms with Crippen molar-refractivity contribution in [1.29, 1.82) is 0 Å². The van der Waals surface area contributed by atoms with Crippen LogP contribution in [0, 0.1) is 0 Å². The van der Waals surface area contributed by atoms with E-state index in [4.69, 9.17) is 19.9 Å². The second-order valence-corrected chi connectivity index (χ2v) is 14.1. The lowest BCUT2D eigenvalue weighted by atomic mass is 10.1. The Morgan fingerprint density at radius 3 is 0.865 bits per heavy atom. The Morgan fingerprint density at radius 1 is 0.365 bits per heavy atom. The Morgan fingerprint density at radius 2 is 0.615 bits per heavy atom. The molecule has 0 aliphatic heterocycles. The molecule has 0 bridgehead atoms. The first-order valence-corrected chi connectivity index (χ1v) is 18.5. The average molecular weight is 693 g/mol.